The molecule has 2 fully saturated rings. The van der Waals surface area contributed by atoms with Crippen LogP contribution in [0.3, 0.4) is 0 Å². The summed E-state index contributed by atoms with van der Waals surface area (Å²) in [5.41, 5.74) is 0. The Balaban J connectivity index is 0.00000264. The number of guanidine groups is 1. The van der Waals surface area contributed by atoms with Gasteiger partial charge in [-0.25, -0.2) is 0 Å². The lowest BCUT2D eigenvalue weighted by Gasteiger charge is -2.20. The van der Waals surface area contributed by atoms with Gasteiger partial charge in [-0.05, 0) is 31.9 Å². The average molecular weight is 466 g/mol. The van der Waals surface area contributed by atoms with E-state index in [9.17, 15) is 13.2 Å². The molecule has 2 aliphatic rings. The Hall–Kier alpha value is 0.1000. The largest absolute Gasteiger partial charge is 0.401 e. The molecule has 4 nitrogen and oxygen atoms in total. The molecule has 0 amide bonds. The molecule has 2 saturated heterocycles. The SMILES string of the molecule is CCNC(=NCC1CCCS1)NC1CCN(CC(F)(F)F)C1.I. The van der Waals surface area contributed by atoms with Crippen LogP contribution >= 0.6 is 35.7 Å². The van der Waals surface area contributed by atoms with E-state index in [1.807, 2.05) is 18.7 Å². The monoisotopic (exact) mass is 466 g/mol. The summed E-state index contributed by atoms with van der Waals surface area (Å²) in [6.45, 7) is 3.60. The van der Waals surface area contributed by atoms with Crippen LogP contribution in [0.15, 0.2) is 4.99 Å². The van der Waals surface area contributed by atoms with Crippen molar-refractivity contribution < 1.29 is 13.2 Å². The van der Waals surface area contributed by atoms with Crippen molar-refractivity contribution in [2.45, 2.75) is 43.7 Å². The lowest BCUT2D eigenvalue weighted by Crippen LogP contribution is -2.45. The molecule has 2 rings (SSSR count). The summed E-state index contributed by atoms with van der Waals surface area (Å²) >= 11 is 1.96. The van der Waals surface area contributed by atoms with Crippen molar-refractivity contribution in [2.75, 3.05) is 38.5 Å². The second-order valence-corrected chi connectivity index (χ2v) is 7.24. The zero-order valence-corrected chi connectivity index (χ0v) is 16.5. The second-order valence-electron chi connectivity index (χ2n) is 5.83. The number of aliphatic imine (C=N–C) groups is 1. The highest BCUT2D eigenvalue weighted by Gasteiger charge is 2.34. The maximum Gasteiger partial charge on any atom is 0.401 e. The predicted molar refractivity (Wildman–Crippen MR) is 101 cm³/mol. The molecule has 0 aromatic carbocycles. The van der Waals surface area contributed by atoms with Crippen molar-refractivity contribution in [3.8, 4) is 0 Å². The fourth-order valence-corrected chi connectivity index (χ4v) is 4.02. The van der Waals surface area contributed by atoms with Gasteiger partial charge < -0.3 is 10.6 Å². The van der Waals surface area contributed by atoms with Crippen LogP contribution in [0.5, 0.6) is 0 Å². The molecule has 136 valence electrons. The lowest BCUT2D eigenvalue weighted by molar-refractivity contribution is -0.143. The maximum atomic E-state index is 12.4. The highest BCUT2D eigenvalue weighted by molar-refractivity contribution is 14.0. The first-order chi connectivity index (χ1) is 10.5. The van der Waals surface area contributed by atoms with Crippen molar-refractivity contribution >= 4 is 41.7 Å². The summed E-state index contributed by atoms with van der Waals surface area (Å²) in [4.78, 5) is 6.04. The van der Waals surface area contributed by atoms with Crippen LogP contribution < -0.4 is 10.6 Å². The van der Waals surface area contributed by atoms with Gasteiger partial charge in [0.15, 0.2) is 5.96 Å². The van der Waals surface area contributed by atoms with E-state index in [1.54, 1.807) is 0 Å². The Morgan fingerprint density at radius 3 is 2.74 bits per heavy atom. The highest BCUT2D eigenvalue weighted by atomic mass is 127. The minimum atomic E-state index is -4.12. The van der Waals surface area contributed by atoms with Crippen molar-refractivity contribution in [2.24, 2.45) is 4.99 Å². The molecule has 0 aromatic heterocycles. The average Bonchev–Trinajstić information content (AvgIpc) is 3.06. The molecule has 0 aromatic rings. The molecule has 9 heteroatoms. The van der Waals surface area contributed by atoms with E-state index in [1.165, 1.54) is 23.5 Å². The summed E-state index contributed by atoms with van der Waals surface area (Å²) in [5, 5.41) is 7.05. The third kappa shape index (κ3) is 8.15. The van der Waals surface area contributed by atoms with Gasteiger partial charge in [0.1, 0.15) is 0 Å². The zero-order valence-electron chi connectivity index (χ0n) is 13.4. The molecule has 2 N–H and O–H groups in total. The maximum absolute atomic E-state index is 12.4. The van der Waals surface area contributed by atoms with Gasteiger partial charge in [0, 0.05) is 30.9 Å². The number of rotatable bonds is 5. The van der Waals surface area contributed by atoms with Gasteiger partial charge in [-0.2, -0.15) is 24.9 Å². The van der Waals surface area contributed by atoms with Crippen LogP contribution in [0.4, 0.5) is 13.2 Å². The molecule has 2 aliphatic heterocycles. The number of nitrogens with zero attached hydrogens (tertiary/aromatic N) is 2. The molecular formula is C14H26F3IN4S. The van der Waals surface area contributed by atoms with Crippen molar-refractivity contribution in [1.29, 1.82) is 0 Å². The van der Waals surface area contributed by atoms with Crippen LogP contribution in [0.25, 0.3) is 0 Å². The number of hydrogen-bond donors (Lipinski definition) is 2. The number of alkyl halides is 3. The lowest BCUT2D eigenvalue weighted by atomic mass is 10.2. The molecule has 23 heavy (non-hydrogen) atoms. The second kappa shape index (κ2) is 10.2. The molecule has 2 atom stereocenters. The molecule has 0 bridgehead atoms. The zero-order chi connectivity index (χ0) is 16.0. The van der Waals surface area contributed by atoms with E-state index in [-0.39, 0.29) is 30.0 Å². The predicted octanol–water partition coefficient (Wildman–Crippen LogP) is 2.69. The van der Waals surface area contributed by atoms with E-state index in [2.05, 4.69) is 15.6 Å². The molecular weight excluding hydrogens is 440 g/mol. The van der Waals surface area contributed by atoms with E-state index in [4.69, 9.17) is 0 Å². The first-order valence-electron chi connectivity index (χ1n) is 7.92. The van der Waals surface area contributed by atoms with Gasteiger partial charge in [-0.15, -0.1) is 24.0 Å². The van der Waals surface area contributed by atoms with Crippen molar-refractivity contribution in [3.63, 3.8) is 0 Å². The van der Waals surface area contributed by atoms with Crippen molar-refractivity contribution in [3.05, 3.63) is 0 Å². The summed E-state index contributed by atoms with van der Waals surface area (Å²) in [7, 11) is 0. The number of nitrogens with one attached hydrogen (secondary N) is 2. The number of thioether (sulfide) groups is 1. The number of likely N-dealkylation sites (tertiary alicyclic amines) is 1. The van der Waals surface area contributed by atoms with Crippen LogP contribution in [-0.4, -0.2) is 66.8 Å². The van der Waals surface area contributed by atoms with Gasteiger partial charge in [0.05, 0.1) is 13.1 Å². The molecule has 0 radical (unpaired) electrons. The van der Waals surface area contributed by atoms with Gasteiger partial charge in [0.25, 0.3) is 0 Å². The van der Waals surface area contributed by atoms with Crippen LogP contribution in [0.2, 0.25) is 0 Å². The van der Waals surface area contributed by atoms with Gasteiger partial charge in [-0.3, -0.25) is 9.89 Å². The van der Waals surface area contributed by atoms with E-state index >= 15 is 0 Å². The topological polar surface area (TPSA) is 39.7 Å². The van der Waals surface area contributed by atoms with Gasteiger partial charge in [0.2, 0.25) is 0 Å². The Labute approximate surface area is 157 Å². The Morgan fingerprint density at radius 2 is 2.13 bits per heavy atom. The fourth-order valence-electron chi connectivity index (χ4n) is 2.84. The fraction of sp³-hybridized carbons (Fsp3) is 0.929. The van der Waals surface area contributed by atoms with Crippen molar-refractivity contribution in [1.82, 2.24) is 15.5 Å². The summed E-state index contributed by atoms with van der Waals surface area (Å²) in [5.74, 6) is 1.94. The van der Waals surface area contributed by atoms with Crippen LogP contribution in [0, 0.1) is 0 Å². The summed E-state index contributed by atoms with van der Waals surface area (Å²) < 4.78 is 37.2. The number of hydrogen-bond acceptors (Lipinski definition) is 3. The van der Waals surface area contributed by atoms with Gasteiger partial charge in [-0.1, -0.05) is 0 Å². The first kappa shape index (κ1) is 21.1. The summed E-state index contributed by atoms with van der Waals surface area (Å²) in [6.07, 6.45) is -0.938. The smallest absolute Gasteiger partial charge is 0.357 e. The first-order valence-corrected chi connectivity index (χ1v) is 8.96. The minimum Gasteiger partial charge on any atom is -0.357 e. The minimum absolute atomic E-state index is 0. The molecule has 2 heterocycles. The van der Waals surface area contributed by atoms with E-state index in [0.717, 1.165) is 25.5 Å². The highest BCUT2D eigenvalue weighted by Crippen LogP contribution is 2.26. The normalized spacial score (nSPS) is 26.2. The Kier molecular flexibility index (Phi) is 9.35. The molecule has 0 saturated carbocycles. The van der Waals surface area contributed by atoms with E-state index < -0.39 is 12.7 Å². The van der Waals surface area contributed by atoms with Crippen LogP contribution in [0.1, 0.15) is 26.2 Å². The number of halogens is 4. The molecule has 0 spiro atoms. The Bertz CT molecular complexity index is 376. The molecule has 2 unspecified atom stereocenters. The third-order valence-electron chi connectivity index (χ3n) is 3.84. The molecule has 0 aliphatic carbocycles. The Morgan fingerprint density at radius 1 is 1.35 bits per heavy atom. The van der Waals surface area contributed by atoms with E-state index in [0.29, 0.717) is 18.3 Å². The standard InChI is InChI=1S/C14H25F3N4S.HI/c1-2-18-13(19-8-12-4-3-7-22-12)20-11-5-6-21(9-11)10-14(15,16)17;/h11-12H,2-10H2,1H3,(H2,18,19,20);1H. The third-order valence-corrected chi connectivity index (χ3v) is 5.22. The summed E-state index contributed by atoms with van der Waals surface area (Å²) in [6, 6.07) is 0.0383. The van der Waals surface area contributed by atoms with Crippen LogP contribution in [-0.2, 0) is 0 Å². The quantitative estimate of drug-likeness (QED) is 0.372. The van der Waals surface area contributed by atoms with Gasteiger partial charge >= 0.3 is 6.18 Å².